The minimum absolute atomic E-state index is 0.135. The fourth-order valence-corrected chi connectivity index (χ4v) is 2.83. The molecule has 0 radical (unpaired) electrons. The molecule has 1 saturated heterocycles. The molecule has 0 unspecified atom stereocenters. The summed E-state index contributed by atoms with van der Waals surface area (Å²) in [6, 6.07) is 4.51. The smallest absolute Gasteiger partial charge is 0.256 e. The first-order valence-electron chi connectivity index (χ1n) is 8.09. The van der Waals surface area contributed by atoms with Gasteiger partial charge < -0.3 is 14.7 Å². The maximum atomic E-state index is 13.8. The number of carbonyl (C=O) groups excluding carboxylic acids is 1. The van der Waals surface area contributed by atoms with Crippen LogP contribution in [0.25, 0.3) is 0 Å². The van der Waals surface area contributed by atoms with Gasteiger partial charge in [-0.25, -0.2) is 4.39 Å². The summed E-state index contributed by atoms with van der Waals surface area (Å²) < 4.78 is 13.8. The van der Waals surface area contributed by atoms with E-state index in [1.54, 1.807) is 11.0 Å². The number of halogens is 1. The van der Waals surface area contributed by atoms with E-state index in [-0.39, 0.29) is 11.7 Å². The minimum Gasteiger partial charge on any atom is -0.368 e. The van der Waals surface area contributed by atoms with Gasteiger partial charge in [0.25, 0.3) is 5.91 Å². The van der Waals surface area contributed by atoms with E-state index >= 15 is 0 Å². The van der Waals surface area contributed by atoms with Gasteiger partial charge >= 0.3 is 0 Å². The number of benzene rings is 1. The van der Waals surface area contributed by atoms with Crippen molar-refractivity contribution in [3.8, 4) is 0 Å². The number of hydrogen-bond acceptors (Lipinski definition) is 3. The van der Waals surface area contributed by atoms with E-state index in [1.807, 2.05) is 13.8 Å². The molecule has 1 amide bonds. The lowest BCUT2D eigenvalue weighted by Gasteiger charge is -2.35. The fourth-order valence-electron chi connectivity index (χ4n) is 2.83. The third-order valence-electron chi connectivity index (χ3n) is 4.16. The molecule has 1 aliphatic heterocycles. The van der Waals surface area contributed by atoms with Gasteiger partial charge in [0.2, 0.25) is 0 Å². The fraction of sp³-hybridized carbons (Fsp3) is 0.500. The lowest BCUT2D eigenvalue weighted by atomic mass is 10.1. The van der Waals surface area contributed by atoms with Gasteiger partial charge in [-0.2, -0.15) is 0 Å². The molecule has 2 rings (SSSR count). The summed E-state index contributed by atoms with van der Waals surface area (Å²) in [6.07, 6.45) is 0. The highest BCUT2D eigenvalue weighted by atomic mass is 19.1. The predicted molar refractivity (Wildman–Crippen MR) is 92.5 cm³/mol. The zero-order chi connectivity index (χ0) is 17.0. The van der Waals surface area contributed by atoms with Gasteiger partial charge in [-0.15, -0.1) is 0 Å². The van der Waals surface area contributed by atoms with E-state index in [0.717, 1.165) is 37.4 Å². The van der Waals surface area contributed by atoms with Crippen LogP contribution in [0, 0.1) is 5.82 Å². The highest BCUT2D eigenvalue weighted by Gasteiger charge is 2.23. The van der Waals surface area contributed by atoms with E-state index < -0.39 is 0 Å². The van der Waals surface area contributed by atoms with Crippen LogP contribution < -0.4 is 4.90 Å². The van der Waals surface area contributed by atoms with Gasteiger partial charge in [0, 0.05) is 45.0 Å². The van der Waals surface area contributed by atoms with Gasteiger partial charge in [0.1, 0.15) is 5.82 Å². The molecule has 0 aromatic heterocycles. The maximum Gasteiger partial charge on any atom is 0.256 e. The molecule has 0 aliphatic carbocycles. The molecule has 5 heteroatoms. The number of likely N-dealkylation sites (N-methyl/N-ethyl adjacent to an activating group) is 2. The monoisotopic (exact) mass is 319 g/mol. The predicted octanol–water partition coefficient (Wildman–Crippen LogP) is 2.62. The number of piperazine rings is 1. The summed E-state index contributed by atoms with van der Waals surface area (Å²) in [5, 5.41) is 0. The number of rotatable bonds is 5. The number of nitrogens with zero attached hydrogens (tertiary/aromatic N) is 3. The molecular weight excluding hydrogens is 293 g/mol. The van der Waals surface area contributed by atoms with Gasteiger partial charge in [0.15, 0.2) is 0 Å². The summed E-state index contributed by atoms with van der Waals surface area (Å²) in [6.45, 7) is 12.3. The Morgan fingerprint density at radius 2 is 1.96 bits per heavy atom. The first-order chi connectivity index (χ1) is 10.9. The Morgan fingerprint density at radius 1 is 1.30 bits per heavy atom. The average molecular weight is 319 g/mol. The summed E-state index contributed by atoms with van der Waals surface area (Å²) in [7, 11) is 2.08. The van der Waals surface area contributed by atoms with Crippen molar-refractivity contribution in [3.05, 3.63) is 41.7 Å². The molecule has 23 heavy (non-hydrogen) atoms. The highest BCUT2D eigenvalue weighted by Crippen LogP contribution is 2.24. The van der Waals surface area contributed by atoms with Gasteiger partial charge in [-0.05, 0) is 39.1 Å². The lowest BCUT2D eigenvalue weighted by molar-refractivity contribution is 0.0778. The highest BCUT2D eigenvalue weighted by molar-refractivity contribution is 6.00. The molecule has 4 nitrogen and oxygen atoms in total. The zero-order valence-electron chi connectivity index (χ0n) is 14.3. The zero-order valence-corrected chi connectivity index (χ0v) is 14.3. The van der Waals surface area contributed by atoms with Crippen LogP contribution in [-0.4, -0.2) is 62.0 Å². The third kappa shape index (κ3) is 4.32. The molecule has 0 spiro atoms. The molecule has 1 heterocycles. The van der Waals surface area contributed by atoms with Crippen molar-refractivity contribution in [2.45, 2.75) is 13.8 Å². The Labute approximate surface area is 138 Å². The van der Waals surface area contributed by atoms with E-state index in [0.29, 0.717) is 18.7 Å². The molecule has 0 N–H and O–H groups in total. The summed E-state index contributed by atoms with van der Waals surface area (Å²) in [5.74, 6) is -0.512. The Morgan fingerprint density at radius 3 is 2.52 bits per heavy atom. The maximum absolute atomic E-state index is 13.8. The van der Waals surface area contributed by atoms with Gasteiger partial charge in [-0.1, -0.05) is 12.2 Å². The summed E-state index contributed by atoms with van der Waals surface area (Å²) >= 11 is 0. The van der Waals surface area contributed by atoms with Crippen LogP contribution in [0.5, 0.6) is 0 Å². The Balaban J connectivity index is 2.31. The minimum atomic E-state index is -0.377. The standard InChI is InChI=1S/C18H26FN3O/c1-5-21(13-14(2)3)18(23)16-12-15(19)6-7-17(16)22-10-8-20(4)9-11-22/h6-7,12H,2,5,8-11,13H2,1,3-4H3. The Hall–Kier alpha value is -1.88. The van der Waals surface area contributed by atoms with E-state index in [9.17, 15) is 9.18 Å². The van der Waals surface area contributed by atoms with Crippen molar-refractivity contribution >= 4 is 11.6 Å². The van der Waals surface area contributed by atoms with Crippen molar-refractivity contribution in [1.29, 1.82) is 0 Å². The summed E-state index contributed by atoms with van der Waals surface area (Å²) in [4.78, 5) is 19.0. The van der Waals surface area contributed by atoms with Crippen molar-refractivity contribution in [2.24, 2.45) is 0 Å². The first-order valence-corrected chi connectivity index (χ1v) is 8.09. The van der Waals surface area contributed by atoms with Crippen molar-refractivity contribution in [2.75, 3.05) is 51.2 Å². The second-order valence-electron chi connectivity index (χ2n) is 6.23. The van der Waals surface area contributed by atoms with Crippen molar-refractivity contribution < 1.29 is 9.18 Å². The molecule has 1 aromatic rings. The van der Waals surface area contributed by atoms with E-state index in [2.05, 4.69) is 23.4 Å². The molecule has 126 valence electrons. The molecule has 0 saturated carbocycles. The molecule has 1 aliphatic rings. The van der Waals surface area contributed by atoms with E-state index in [4.69, 9.17) is 0 Å². The van der Waals surface area contributed by atoms with Crippen LogP contribution in [0.1, 0.15) is 24.2 Å². The second kappa shape index (κ2) is 7.59. The number of amides is 1. The topological polar surface area (TPSA) is 26.8 Å². The Bertz CT molecular complexity index is 580. The SMILES string of the molecule is C=C(C)CN(CC)C(=O)c1cc(F)ccc1N1CCN(C)CC1. The second-order valence-corrected chi connectivity index (χ2v) is 6.23. The van der Waals surface area contributed by atoms with Crippen LogP contribution in [-0.2, 0) is 0 Å². The number of anilines is 1. The van der Waals surface area contributed by atoms with Crippen LogP contribution in [0.4, 0.5) is 10.1 Å². The van der Waals surface area contributed by atoms with Crippen LogP contribution >= 0.6 is 0 Å². The van der Waals surface area contributed by atoms with Crippen LogP contribution in [0.2, 0.25) is 0 Å². The number of carbonyl (C=O) groups is 1. The van der Waals surface area contributed by atoms with Crippen LogP contribution in [0.15, 0.2) is 30.4 Å². The van der Waals surface area contributed by atoms with Crippen molar-refractivity contribution in [1.82, 2.24) is 9.80 Å². The molecule has 0 bridgehead atoms. The molecule has 1 aromatic carbocycles. The van der Waals surface area contributed by atoms with Gasteiger partial charge in [-0.3, -0.25) is 4.79 Å². The number of hydrogen-bond donors (Lipinski definition) is 0. The average Bonchev–Trinajstić information content (AvgIpc) is 2.52. The Kier molecular flexibility index (Phi) is 5.77. The quantitative estimate of drug-likeness (QED) is 0.781. The van der Waals surface area contributed by atoms with E-state index in [1.165, 1.54) is 12.1 Å². The summed E-state index contributed by atoms with van der Waals surface area (Å²) in [5.41, 5.74) is 2.18. The lowest BCUT2D eigenvalue weighted by Crippen LogP contribution is -2.45. The van der Waals surface area contributed by atoms with Gasteiger partial charge in [0.05, 0.1) is 5.56 Å². The van der Waals surface area contributed by atoms with Crippen molar-refractivity contribution in [3.63, 3.8) is 0 Å². The largest absolute Gasteiger partial charge is 0.368 e. The first kappa shape index (κ1) is 17.5. The normalized spacial score (nSPS) is 15.6. The van der Waals surface area contributed by atoms with Crippen LogP contribution in [0.3, 0.4) is 0 Å². The molecule has 1 fully saturated rings. The molecular formula is C18H26FN3O. The molecule has 0 atom stereocenters. The third-order valence-corrected chi connectivity index (χ3v) is 4.16.